The number of piperazine rings is 1. The molecule has 0 amide bonds. The molecule has 8 heteroatoms. The van der Waals surface area contributed by atoms with Gasteiger partial charge in [0.05, 0.1) is 19.1 Å². The van der Waals surface area contributed by atoms with Gasteiger partial charge in [-0.3, -0.25) is 4.90 Å². The molecule has 3 aromatic carbocycles. The lowest BCUT2D eigenvalue weighted by Crippen LogP contribution is -2.48. The average Bonchev–Trinajstić information content (AvgIpc) is 2.80. The van der Waals surface area contributed by atoms with E-state index in [0.29, 0.717) is 49.1 Å². The molecule has 31 heavy (non-hydrogen) atoms. The molecule has 1 fully saturated rings. The van der Waals surface area contributed by atoms with Gasteiger partial charge < -0.3 is 14.6 Å². The van der Waals surface area contributed by atoms with Gasteiger partial charge >= 0.3 is 0 Å². The Morgan fingerprint density at radius 1 is 0.871 bits per heavy atom. The molecule has 1 aliphatic heterocycles. The molecule has 0 aliphatic carbocycles. The van der Waals surface area contributed by atoms with Crippen LogP contribution in [0, 0.1) is 0 Å². The van der Waals surface area contributed by atoms with Gasteiger partial charge in [-0.15, -0.1) is 0 Å². The predicted molar refractivity (Wildman–Crippen MR) is 119 cm³/mol. The van der Waals surface area contributed by atoms with Gasteiger partial charge in [-0.25, -0.2) is 8.42 Å². The number of hydrogen-bond acceptors (Lipinski definition) is 6. The Hall–Kier alpha value is -2.81. The summed E-state index contributed by atoms with van der Waals surface area (Å²) in [5.74, 6) is 0.679. The van der Waals surface area contributed by atoms with E-state index in [1.54, 1.807) is 28.6 Å². The van der Waals surface area contributed by atoms with Crippen LogP contribution in [0.2, 0.25) is 0 Å². The maximum Gasteiger partial charge on any atom is 0.243 e. The van der Waals surface area contributed by atoms with E-state index < -0.39 is 10.0 Å². The molecule has 0 spiro atoms. The van der Waals surface area contributed by atoms with E-state index in [1.807, 2.05) is 30.3 Å². The third-order valence-electron chi connectivity index (χ3n) is 5.64. The van der Waals surface area contributed by atoms with Gasteiger partial charge in [0.1, 0.15) is 0 Å². The molecule has 0 unspecified atom stereocenters. The molecule has 1 N–H and O–H groups in total. The Morgan fingerprint density at radius 2 is 1.48 bits per heavy atom. The van der Waals surface area contributed by atoms with Crippen molar-refractivity contribution in [2.45, 2.75) is 11.4 Å². The minimum absolute atomic E-state index is 0.0277. The van der Waals surface area contributed by atoms with Crippen LogP contribution in [-0.2, 0) is 16.6 Å². The van der Waals surface area contributed by atoms with E-state index >= 15 is 0 Å². The zero-order valence-corrected chi connectivity index (χ0v) is 18.4. The topological polar surface area (TPSA) is 79.3 Å². The highest BCUT2D eigenvalue weighted by Gasteiger charge is 2.29. The minimum atomic E-state index is -3.54. The van der Waals surface area contributed by atoms with Crippen LogP contribution < -0.4 is 9.47 Å². The summed E-state index contributed by atoms with van der Waals surface area (Å²) in [5.41, 5.74) is 0.928. The van der Waals surface area contributed by atoms with Crippen LogP contribution >= 0.6 is 0 Å². The van der Waals surface area contributed by atoms with E-state index in [0.717, 1.165) is 16.3 Å². The summed E-state index contributed by atoms with van der Waals surface area (Å²) >= 11 is 0. The summed E-state index contributed by atoms with van der Waals surface area (Å²) in [6.45, 7) is 2.66. The van der Waals surface area contributed by atoms with Crippen molar-refractivity contribution in [3.8, 4) is 17.2 Å². The summed E-state index contributed by atoms with van der Waals surface area (Å²) in [7, 11) is -0.554. The molecule has 4 rings (SSSR count). The molecule has 3 aromatic rings. The number of benzene rings is 3. The zero-order chi connectivity index (χ0) is 22.0. The Morgan fingerprint density at radius 3 is 2.10 bits per heavy atom. The third kappa shape index (κ3) is 4.32. The number of phenolic OH excluding ortho intramolecular Hbond substituents is 1. The summed E-state index contributed by atoms with van der Waals surface area (Å²) in [6, 6.07) is 16.6. The largest absolute Gasteiger partial charge is 0.502 e. The van der Waals surface area contributed by atoms with Gasteiger partial charge in [0.15, 0.2) is 11.5 Å². The lowest BCUT2D eigenvalue weighted by atomic mass is 10.1. The fourth-order valence-corrected chi connectivity index (χ4v) is 5.36. The second-order valence-corrected chi connectivity index (χ2v) is 9.48. The molecule has 164 valence electrons. The van der Waals surface area contributed by atoms with Crippen molar-refractivity contribution in [2.24, 2.45) is 0 Å². The first kappa shape index (κ1) is 21.4. The van der Waals surface area contributed by atoms with Crippen LogP contribution in [-0.4, -0.2) is 63.1 Å². The van der Waals surface area contributed by atoms with Gasteiger partial charge in [-0.2, -0.15) is 4.31 Å². The van der Waals surface area contributed by atoms with Crippen molar-refractivity contribution in [2.75, 3.05) is 40.4 Å². The number of ether oxygens (including phenoxy) is 2. The standard InChI is InChI=1S/C23H26N2O5S/c1-29-21-13-17(14-22(30-2)23(21)26)16-24-9-11-25(12-10-24)31(27,28)20-8-7-18-5-3-4-6-19(18)15-20/h3-8,13-15,26H,9-12,16H2,1-2H3. The van der Waals surface area contributed by atoms with Crippen LogP contribution in [0.3, 0.4) is 0 Å². The molecule has 1 heterocycles. The van der Waals surface area contributed by atoms with E-state index in [1.165, 1.54) is 14.2 Å². The number of methoxy groups -OCH3 is 2. The molecule has 7 nitrogen and oxygen atoms in total. The summed E-state index contributed by atoms with van der Waals surface area (Å²) < 4.78 is 38.3. The Kier molecular flexibility index (Phi) is 6.04. The van der Waals surface area contributed by atoms with Gasteiger partial charge in [-0.1, -0.05) is 30.3 Å². The molecule has 0 radical (unpaired) electrons. The number of phenols is 1. The van der Waals surface area contributed by atoms with Crippen LogP contribution in [0.4, 0.5) is 0 Å². The quantitative estimate of drug-likeness (QED) is 0.632. The first-order valence-corrected chi connectivity index (χ1v) is 11.5. The molecule has 1 saturated heterocycles. The SMILES string of the molecule is COc1cc(CN2CCN(S(=O)(=O)c3ccc4ccccc4c3)CC2)cc(OC)c1O. The van der Waals surface area contributed by atoms with Gasteiger partial charge in [0, 0.05) is 32.7 Å². The number of nitrogens with zero attached hydrogens (tertiary/aromatic N) is 2. The molecule has 1 aliphatic rings. The second kappa shape index (κ2) is 8.74. The lowest BCUT2D eigenvalue weighted by Gasteiger charge is -2.34. The van der Waals surface area contributed by atoms with Crippen molar-refractivity contribution >= 4 is 20.8 Å². The Bertz CT molecular complexity index is 1160. The van der Waals surface area contributed by atoms with E-state index in [2.05, 4.69) is 4.90 Å². The monoisotopic (exact) mass is 442 g/mol. The molecular weight excluding hydrogens is 416 g/mol. The van der Waals surface area contributed by atoms with Gasteiger partial charge in [0.25, 0.3) is 0 Å². The Balaban J connectivity index is 1.45. The maximum atomic E-state index is 13.1. The minimum Gasteiger partial charge on any atom is -0.502 e. The number of rotatable bonds is 6. The van der Waals surface area contributed by atoms with Crippen LogP contribution in [0.15, 0.2) is 59.5 Å². The molecule has 0 aromatic heterocycles. The van der Waals surface area contributed by atoms with Gasteiger partial charge in [0.2, 0.25) is 15.8 Å². The van der Waals surface area contributed by atoms with Crippen LogP contribution in [0.1, 0.15) is 5.56 Å². The second-order valence-electron chi connectivity index (χ2n) is 7.54. The van der Waals surface area contributed by atoms with E-state index in [9.17, 15) is 13.5 Å². The van der Waals surface area contributed by atoms with Crippen molar-refractivity contribution in [3.05, 3.63) is 60.2 Å². The van der Waals surface area contributed by atoms with Crippen LogP contribution in [0.5, 0.6) is 17.2 Å². The zero-order valence-electron chi connectivity index (χ0n) is 17.6. The number of hydrogen-bond donors (Lipinski definition) is 1. The van der Waals surface area contributed by atoms with Crippen LogP contribution in [0.25, 0.3) is 10.8 Å². The number of sulfonamides is 1. The molecule has 0 bridgehead atoms. The summed E-state index contributed by atoms with van der Waals surface area (Å²) in [5, 5.41) is 12.0. The summed E-state index contributed by atoms with van der Waals surface area (Å²) in [6.07, 6.45) is 0. The Labute approximate surface area is 182 Å². The third-order valence-corrected chi connectivity index (χ3v) is 7.53. The number of aromatic hydroxyl groups is 1. The fourth-order valence-electron chi connectivity index (χ4n) is 3.90. The fraction of sp³-hybridized carbons (Fsp3) is 0.304. The lowest BCUT2D eigenvalue weighted by molar-refractivity contribution is 0.181. The highest BCUT2D eigenvalue weighted by atomic mass is 32.2. The normalized spacial score (nSPS) is 15.8. The maximum absolute atomic E-state index is 13.1. The average molecular weight is 443 g/mol. The summed E-state index contributed by atoms with van der Waals surface area (Å²) in [4.78, 5) is 2.50. The van der Waals surface area contributed by atoms with E-state index in [-0.39, 0.29) is 5.75 Å². The van der Waals surface area contributed by atoms with Crippen molar-refractivity contribution in [3.63, 3.8) is 0 Å². The first-order valence-electron chi connectivity index (χ1n) is 10.1. The molecule has 0 atom stereocenters. The van der Waals surface area contributed by atoms with Crippen molar-refractivity contribution in [1.82, 2.24) is 9.21 Å². The van der Waals surface area contributed by atoms with Crippen molar-refractivity contribution < 1.29 is 23.0 Å². The van der Waals surface area contributed by atoms with Gasteiger partial charge in [-0.05, 0) is 40.6 Å². The highest BCUT2D eigenvalue weighted by Crippen LogP contribution is 2.37. The first-order chi connectivity index (χ1) is 14.9. The number of fused-ring (bicyclic) bond motifs is 1. The highest BCUT2D eigenvalue weighted by molar-refractivity contribution is 7.89. The van der Waals surface area contributed by atoms with E-state index in [4.69, 9.17) is 9.47 Å². The molecule has 0 saturated carbocycles. The van der Waals surface area contributed by atoms with Crippen molar-refractivity contribution in [1.29, 1.82) is 0 Å². The smallest absolute Gasteiger partial charge is 0.243 e. The predicted octanol–water partition coefficient (Wildman–Crippen LogP) is 3.07. The molecular formula is C23H26N2O5S.